The van der Waals surface area contributed by atoms with Crippen LogP contribution in [-0.2, 0) is 0 Å². The minimum absolute atomic E-state index is 0. The zero-order valence-corrected chi connectivity index (χ0v) is 1.92. The SMILES string of the molecule is OB(O)O.[KH].[KH].[KH].[KH]. The van der Waals surface area contributed by atoms with Crippen LogP contribution in [0.1, 0.15) is 0 Å². The molecule has 0 aliphatic heterocycles. The Labute approximate surface area is 219 Å². The fraction of sp³-hybridized carbons (Fsp3) is 0. The molecule has 0 amide bonds. The summed E-state index contributed by atoms with van der Waals surface area (Å²) >= 11 is 0. The molecule has 0 aromatic heterocycles. The average Bonchev–Trinajstić information content (AvgIpc) is 0.811. The summed E-state index contributed by atoms with van der Waals surface area (Å²) in [4.78, 5) is 0. The van der Waals surface area contributed by atoms with Gasteiger partial charge in [-0.15, -0.1) is 0 Å². The Balaban J connectivity index is -0.00000000750. The van der Waals surface area contributed by atoms with Crippen LogP contribution in [0.15, 0.2) is 0 Å². The van der Waals surface area contributed by atoms with Gasteiger partial charge in [0.1, 0.15) is 0 Å². The van der Waals surface area contributed by atoms with Gasteiger partial charge in [0.25, 0.3) is 0 Å². The first-order valence-corrected chi connectivity index (χ1v) is 0.775. The number of hydrogen-bond donors (Lipinski definition) is 3. The summed E-state index contributed by atoms with van der Waals surface area (Å²) < 4.78 is 0. The molecule has 0 rings (SSSR count). The van der Waals surface area contributed by atoms with Crippen molar-refractivity contribution in [1.82, 2.24) is 0 Å². The predicted molar refractivity (Wildman–Crippen MR) is 41.0 cm³/mol. The van der Waals surface area contributed by atoms with Gasteiger partial charge in [-0.2, -0.15) is 0 Å². The van der Waals surface area contributed by atoms with E-state index in [-0.39, 0.29) is 206 Å². The van der Waals surface area contributed by atoms with E-state index in [4.69, 9.17) is 15.1 Å². The van der Waals surface area contributed by atoms with Crippen LogP contribution in [0.25, 0.3) is 0 Å². The molecular weight excluding hydrogens is 215 g/mol. The van der Waals surface area contributed by atoms with Crippen LogP contribution in [-0.4, -0.2) is 228 Å². The third-order valence-electron chi connectivity index (χ3n) is 0. The molecule has 0 aliphatic carbocycles. The van der Waals surface area contributed by atoms with Gasteiger partial charge >= 0.3 is 213 Å². The second-order valence-corrected chi connectivity index (χ2v) is 0.346. The van der Waals surface area contributed by atoms with Crippen LogP contribution in [0.2, 0.25) is 0 Å². The van der Waals surface area contributed by atoms with Gasteiger partial charge in [-0.25, -0.2) is 0 Å². The Morgan fingerprint density at radius 3 is 0.625 bits per heavy atom. The summed E-state index contributed by atoms with van der Waals surface area (Å²) in [5.74, 6) is 0. The van der Waals surface area contributed by atoms with Crippen molar-refractivity contribution in [3.05, 3.63) is 0 Å². The van der Waals surface area contributed by atoms with E-state index in [0.29, 0.717) is 0 Å². The Morgan fingerprint density at radius 2 is 0.625 bits per heavy atom. The van der Waals surface area contributed by atoms with E-state index in [1.165, 1.54) is 0 Å². The summed E-state index contributed by atoms with van der Waals surface area (Å²) in [5.41, 5.74) is 0. The third kappa shape index (κ3) is 39.1. The average molecular weight is 222 g/mol. The Hall–Kier alpha value is 6.49. The van der Waals surface area contributed by atoms with Crippen LogP contribution in [0.5, 0.6) is 0 Å². The normalized spacial score (nSPS) is 3.38. The van der Waals surface area contributed by atoms with E-state index in [9.17, 15) is 0 Å². The molecule has 0 saturated heterocycles. The van der Waals surface area contributed by atoms with E-state index in [2.05, 4.69) is 0 Å². The molecule has 3 N–H and O–H groups in total. The van der Waals surface area contributed by atoms with Gasteiger partial charge in [-0.05, 0) is 0 Å². The standard InChI is InChI=1S/BH3O3.4K.4H/c2-1(3)4;;;;;;;;/h2-4H;;;;;;;;. The van der Waals surface area contributed by atoms with E-state index >= 15 is 0 Å². The summed E-state index contributed by atoms with van der Waals surface area (Å²) in [7, 11) is -2.17. The van der Waals surface area contributed by atoms with Gasteiger partial charge in [-0.1, -0.05) is 0 Å². The van der Waals surface area contributed by atoms with Gasteiger partial charge in [0.05, 0.1) is 0 Å². The van der Waals surface area contributed by atoms with Crippen molar-refractivity contribution < 1.29 is 15.1 Å². The Bertz CT molecular complexity index is 16.0. The third-order valence-corrected chi connectivity index (χ3v) is 0. The summed E-state index contributed by atoms with van der Waals surface area (Å²) in [5, 5.41) is 21.5. The second kappa shape index (κ2) is 23.4. The van der Waals surface area contributed by atoms with Gasteiger partial charge in [0, 0.05) is 0 Å². The van der Waals surface area contributed by atoms with Crippen molar-refractivity contribution >= 4 is 213 Å². The second-order valence-electron chi connectivity index (χ2n) is 0.346. The molecule has 0 aromatic rings. The van der Waals surface area contributed by atoms with E-state index in [0.717, 1.165) is 0 Å². The van der Waals surface area contributed by atoms with Crippen LogP contribution < -0.4 is 0 Å². The first-order valence-electron chi connectivity index (χ1n) is 0.775. The molecule has 8 heavy (non-hydrogen) atoms. The molecule has 0 spiro atoms. The molecule has 0 heterocycles. The summed E-state index contributed by atoms with van der Waals surface area (Å²) in [6, 6.07) is 0. The van der Waals surface area contributed by atoms with Crippen LogP contribution in [0, 0.1) is 0 Å². The van der Waals surface area contributed by atoms with Crippen LogP contribution in [0.3, 0.4) is 0 Å². The molecule has 0 saturated carbocycles. The topological polar surface area (TPSA) is 60.7 Å². The predicted octanol–water partition coefficient (Wildman–Crippen LogP) is -4.65. The molecule has 3 nitrogen and oxygen atoms in total. The molecule has 0 fully saturated rings. The van der Waals surface area contributed by atoms with Crippen molar-refractivity contribution in [1.29, 1.82) is 0 Å². The molecule has 0 unspecified atom stereocenters. The monoisotopic (exact) mass is 222 g/mol. The minimum atomic E-state index is -2.17. The summed E-state index contributed by atoms with van der Waals surface area (Å²) in [6.45, 7) is 0. The first kappa shape index (κ1) is 29.3. The van der Waals surface area contributed by atoms with Crippen molar-refractivity contribution in [3.8, 4) is 0 Å². The number of rotatable bonds is 0. The molecule has 0 radical (unpaired) electrons. The van der Waals surface area contributed by atoms with Crippen LogP contribution in [0.4, 0.5) is 0 Å². The molecule has 0 atom stereocenters. The van der Waals surface area contributed by atoms with Crippen molar-refractivity contribution in [2.75, 3.05) is 0 Å². The zero-order chi connectivity index (χ0) is 3.58. The molecule has 32 valence electrons. The maximum atomic E-state index is 7.17. The fourth-order valence-electron chi connectivity index (χ4n) is 0. The van der Waals surface area contributed by atoms with Crippen molar-refractivity contribution in [3.63, 3.8) is 0 Å². The maximum absolute atomic E-state index is 7.17. The Kier molecular flexibility index (Phi) is 85.5. The first-order chi connectivity index (χ1) is 1.73. The van der Waals surface area contributed by atoms with Crippen molar-refractivity contribution in [2.24, 2.45) is 0 Å². The van der Waals surface area contributed by atoms with E-state index < -0.39 is 7.32 Å². The quantitative estimate of drug-likeness (QED) is 0.361. The van der Waals surface area contributed by atoms with Crippen LogP contribution >= 0.6 is 0 Å². The number of hydrogen-bond acceptors (Lipinski definition) is 3. The van der Waals surface area contributed by atoms with E-state index in [1.807, 2.05) is 0 Å². The van der Waals surface area contributed by atoms with Gasteiger partial charge in [-0.3, -0.25) is 0 Å². The van der Waals surface area contributed by atoms with Gasteiger partial charge < -0.3 is 15.1 Å². The molecule has 0 bridgehead atoms. The molecule has 8 heteroatoms. The summed E-state index contributed by atoms with van der Waals surface area (Å²) in [6.07, 6.45) is 0. The fourth-order valence-corrected chi connectivity index (χ4v) is 0. The zero-order valence-electron chi connectivity index (χ0n) is 1.92. The van der Waals surface area contributed by atoms with E-state index in [1.54, 1.807) is 0 Å². The molecular formula is H7BK4O3. The Morgan fingerprint density at radius 1 is 0.625 bits per heavy atom. The molecule has 0 aliphatic rings. The van der Waals surface area contributed by atoms with Crippen molar-refractivity contribution in [2.45, 2.75) is 0 Å². The molecule has 0 aromatic carbocycles. The van der Waals surface area contributed by atoms with Gasteiger partial charge in [0.2, 0.25) is 0 Å². The van der Waals surface area contributed by atoms with Gasteiger partial charge in [0.15, 0.2) is 0 Å².